The number of hydrogen-bond donors (Lipinski definition) is 2. The van der Waals surface area contributed by atoms with Crippen molar-refractivity contribution < 1.29 is 4.79 Å². The molecule has 2 heterocycles. The van der Waals surface area contributed by atoms with Crippen LogP contribution in [0.1, 0.15) is 23.2 Å². The minimum absolute atomic E-state index is 0.379. The van der Waals surface area contributed by atoms with Crippen LogP contribution in [0.4, 0.5) is 11.5 Å². The van der Waals surface area contributed by atoms with Crippen LogP contribution in [0.15, 0.2) is 12.3 Å². The smallest absolute Gasteiger partial charge is 0.252 e. The number of anilines is 2. The molecule has 4 N–H and O–H groups in total. The maximum Gasteiger partial charge on any atom is 0.252 e. The molecule has 0 unspecified atom stereocenters. The Kier molecular flexibility index (Phi) is 4.21. The van der Waals surface area contributed by atoms with Gasteiger partial charge in [0.1, 0.15) is 5.82 Å². The molecule has 1 aliphatic rings. The molecular weight excluding hydrogens is 242 g/mol. The number of nitrogen functional groups attached to an aromatic ring is 1. The summed E-state index contributed by atoms with van der Waals surface area (Å²) in [6, 6.07) is 1.58. The van der Waals surface area contributed by atoms with Crippen molar-refractivity contribution in [3.63, 3.8) is 0 Å². The molecule has 0 spiro atoms. The lowest BCUT2D eigenvalue weighted by atomic mass is 10.2. The van der Waals surface area contributed by atoms with E-state index in [0.29, 0.717) is 17.1 Å². The Morgan fingerprint density at radius 1 is 1.47 bits per heavy atom. The Morgan fingerprint density at radius 2 is 2.16 bits per heavy atom. The van der Waals surface area contributed by atoms with Gasteiger partial charge in [0, 0.05) is 20.1 Å². The van der Waals surface area contributed by atoms with Gasteiger partial charge in [-0.1, -0.05) is 0 Å². The molecule has 1 aromatic rings. The quantitative estimate of drug-likeness (QED) is 0.797. The van der Waals surface area contributed by atoms with Crippen molar-refractivity contribution in [1.82, 2.24) is 9.88 Å². The minimum Gasteiger partial charge on any atom is -0.397 e. The van der Waals surface area contributed by atoms with Crippen molar-refractivity contribution in [2.24, 2.45) is 5.73 Å². The molecule has 19 heavy (non-hydrogen) atoms. The van der Waals surface area contributed by atoms with Gasteiger partial charge in [-0.2, -0.15) is 0 Å². The van der Waals surface area contributed by atoms with Crippen molar-refractivity contribution >= 4 is 17.4 Å². The number of amides is 1. The number of nitrogens with two attached hydrogens (primary N) is 2. The van der Waals surface area contributed by atoms with E-state index in [9.17, 15) is 4.79 Å². The maximum absolute atomic E-state index is 11.4. The molecule has 1 fully saturated rings. The van der Waals surface area contributed by atoms with E-state index in [1.807, 2.05) is 11.9 Å². The summed E-state index contributed by atoms with van der Waals surface area (Å²) in [5.41, 5.74) is 11.8. The zero-order valence-electron chi connectivity index (χ0n) is 11.3. The molecule has 0 bridgehead atoms. The standard InChI is InChI=1S/C13H21N5O/c1-17(6-7-18-4-2-3-5-18)13-11(12(15)19)8-10(14)9-16-13/h8-9H,2-7,14H2,1H3,(H2,15,19). The van der Waals surface area contributed by atoms with Gasteiger partial charge in [-0.15, -0.1) is 0 Å². The third kappa shape index (κ3) is 3.35. The molecule has 0 aliphatic carbocycles. The van der Waals surface area contributed by atoms with E-state index in [1.54, 1.807) is 12.3 Å². The normalized spacial score (nSPS) is 15.6. The molecule has 0 radical (unpaired) electrons. The fourth-order valence-electron chi connectivity index (χ4n) is 2.36. The SMILES string of the molecule is CN(CCN1CCCC1)c1ncc(N)cc1C(N)=O. The second kappa shape index (κ2) is 5.88. The average Bonchev–Trinajstić information content (AvgIpc) is 2.88. The van der Waals surface area contributed by atoms with Gasteiger partial charge in [-0.25, -0.2) is 4.98 Å². The van der Waals surface area contributed by atoms with E-state index in [0.717, 1.165) is 26.2 Å². The Balaban J connectivity index is 2.05. The van der Waals surface area contributed by atoms with Gasteiger partial charge in [-0.05, 0) is 32.0 Å². The second-order valence-electron chi connectivity index (χ2n) is 4.97. The van der Waals surface area contributed by atoms with E-state index < -0.39 is 5.91 Å². The molecule has 0 aromatic carbocycles. The fraction of sp³-hybridized carbons (Fsp3) is 0.538. The fourth-order valence-corrected chi connectivity index (χ4v) is 2.36. The molecule has 1 aromatic heterocycles. The number of aromatic nitrogens is 1. The van der Waals surface area contributed by atoms with Crippen LogP contribution in [0.3, 0.4) is 0 Å². The number of carbonyl (C=O) groups excluding carboxylic acids is 1. The van der Waals surface area contributed by atoms with Crippen molar-refractivity contribution in [1.29, 1.82) is 0 Å². The highest BCUT2D eigenvalue weighted by Gasteiger charge is 2.16. The van der Waals surface area contributed by atoms with Crippen LogP contribution >= 0.6 is 0 Å². The summed E-state index contributed by atoms with van der Waals surface area (Å²) in [6.07, 6.45) is 4.10. The van der Waals surface area contributed by atoms with E-state index in [4.69, 9.17) is 11.5 Å². The van der Waals surface area contributed by atoms with Gasteiger partial charge in [0.15, 0.2) is 0 Å². The molecule has 2 rings (SSSR count). The lowest BCUT2D eigenvalue weighted by Crippen LogP contribution is -2.33. The Morgan fingerprint density at radius 3 is 2.79 bits per heavy atom. The molecule has 1 aliphatic heterocycles. The van der Waals surface area contributed by atoms with Crippen LogP contribution in [0, 0.1) is 0 Å². The topological polar surface area (TPSA) is 88.5 Å². The van der Waals surface area contributed by atoms with Gasteiger partial charge >= 0.3 is 0 Å². The minimum atomic E-state index is -0.497. The van der Waals surface area contributed by atoms with Gasteiger partial charge in [0.25, 0.3) is 5.91 Å². The third-order valence-corrected chi connectivity index (χ3v) is 3.47. The highest BCUT2D eigenvalue weighted by molar-refractivity contribution is 5.98. The first-order valence-electron chi connectivity index (χ1n) is 6.57. The van der Waals surface area contributed by atoms with Crippen LogP contribution in [-0.2, 0) is 0 Å². The Hall–Kier alpha value is -1.82. The number of likely N-dealkylation sites (N-methyl/N-ethyl adjacent to an activating group) is 1. The van der Waals surface area contributed by atoms with Crippen LogP contribution < -0.4 is 16.4 Å². The Bertz CT molecular complexity index is 456. The van der Waals surface area contributed by atoms with E-state index in [1.165, 1.54) is 12.8 Å². The van der Waals surface area contributed by atoms with Crippen molar-refractivity contribution in [3.8, 4) is 0 Å². The van der Waals surface area contributed by atoms with Gasteiger partial charge in [0.2, 0.25) is 0 Å². The zero-order valence-corrected chi connectivity index (χ0v) is 11.3. The van der Waals surface area contributed by atoms with E-state index in [2.05, 4.69) is 9.88 Å². The first-order valence-corrected chi connectivity index (χ1v) is 6.57. The number of hydrogen-bond acceptors (Lipinski definition) is 5. The van der Waals surface area contributed by atoms with Crippen molar-refractivity contribution in [2.75, 3.05) is 43.9 Å². The number of rotatable bonds is 5. The zero-order chi connectivity index (χ0) is 13.8. The number of pyridine rings is 1. The molecule has 6 heteroatoms. The number of primary amides is 1. The summed E-state index contributed by atoms with van der Waals surface area (Å²) in [7, 11) is 1.92. The molecule has 104 valence electrons. The summed E-state index contributed by atoms with van der Waals surface area (Å²) >= 11 is 0. The van der Waals surface area contributed by atoms with Crippen molar-refractivity contribution in [2.45, 2.75) is 12.8 Å². The van der Waals surface area contributed by atoms with E-state index >= 15 is 0 Å². The molecule has 0 atom stereocenters. The number of nitrogens with zero attached hydrogens (tertiary/aromatic N) is 3. The maximum atomic E-state index is 11.4. The highest BCUT2D eigenvalue weighted by atomic mass is 16.1. The molecule has 1 saturated heterocycles. The summed E-state index contributed by atoms with van der Waals surface area (Å²) < 4.78 is 0. The van der Waals surface area contributed by atoms with Crippen LogP contribution in [0.25, 0.3) is 0 Å². The number of likely N-dealkylation sites (tertiary alicyclic amines) is 1. The first kappa shape index (κ1) is 13.6. The first-order chi connectivity index (χ1) is 9.08. The highest BCUT2D eigenvalue weighted by Crippen LogP contribution is 2.18. The van der Waals surface area contributed by atoms with Crippen molar-refractivity contribution in [3.05, 3.63) is 17.8 Å². The Labute approximate surface area is 113 Å². The largest absolute Gasteiger partial charge is 0.397 e. The van der Waals surface area contributed by atoms with Crippen LogP contribution in [0.2, 0.25) is 0 Å². The average molecular weight is 263 g/mol. The van der Waals surface area contributed by atoms with Crippen LogP contribution in [-0.4, -0.2) is 49.0 Å². The van der Waals surface area contributed by atoms with Crippen LogP contribution in [0.5, 0.6) is 0 Å². The number of carbonyl (C=O) groups is 1. The molecule has 1 amide bonds. The summed E-state index contributed by atoms with van der Waals surface area (Å²) in [4.78, 5) is 20.0. The lowest BCUT2D eigenvalue weighted by molar-refractivity contribution is 0.100. The van der Waals surface area contributed by atoms with Gasteiger partial charge < -0.3 is 21.3 Å². The van der Waals surface area contributed by atoms with E-state index in [-0.39, 0.29) is 0 Å². The lowest BCUT2D eigenvalue weighted by Gasteiger charge is -2.23. The molecule has 0 saturated carbocycles. The summed E-state index contributed by atoms with van der Waals surface area (Å²) in [5.74, 6) is 0.101. The summed E-state index contributed by atoms with van der Waals surface area (Å²) in [6.45, 7) is 4.11. The second-order valence-corrected chi connectivity index (χ2v) is 4.97. The predicted molar refractivity (Wildman–Crippen MR) is 76.1 cm³/mol. The third-order valence-electron chi connectivity index (χ3n) is 3.47. The molecule has 6 nitrogen and oxygen atoms in total. The summed E-state index contributed by atoms with van der Waals surface area (Å²) in [5, 5.41) is 0. The monoisotopic (exact) mass is 263 g/mol. The predicted octanol–water partition coefficient (Wildman–Crippen LogP) is 0.295. The van der Waals surface area contributed by atoms with Gasteiger partial charge in [-0.3, -0.25) is 4.79 Å². The molecular formula is C13H21N5O. The van der Waals surface area contributed by atoms with Gasteiger partial charge in [0.05, 0.1) is 17.4 Å².